The van der Waals surface area contributed by atoms with Gasteiger partial charge in [0, 0.05) is 11.5 Å². The van der Waals surface area contributed by atoms with E-state index in [0.717, 1.165) is 31.4 Å². The van der Waals surface area contributed by atoms with Crippen molar-refractivity contribution in [3.8, 4) is 11.4 Å². The number of halogens is 3. The molecule has 6 heteroatoms. The van der Waals surface area contributed by atoms with E-state index in [-0.39, 0.29) is 10.6 Å². The van der Waals surface area contributed by atoms with Gasteiger partial charge in [0.2, 0.25) is 0 Å². The molecule has 0 spiro atoms. The van der Waals surface area contributed by atoms with Gasteiger partial charge in [-0.2, -0.15) is 0 Å². The zero-order chi connectivity index (χ0) is 15.0. The lowest BCUT2D eigenvalue weighted by Crippen LogP contribution is -2.15. The summed E-state index contributed by atoms with van der Waals surface area (Å²) in [5, 5.41) is 0.234. The van der Waals surface area contributed by atoms with E-state index in [2.05, 4.69) is 25.9 Å². The number of benzene rings is 1. The molecule has 110 valence electrons. The van der Waals surface area contributed by atoms with Crippen LogP contribution in [0.25, 0.3) is 11.4 Å². The molecule has 2 aromatic rings. The fourth-order valence-corrected chi connectivity index (χ4v) is 3.52. The Kier molecular flexibility index (Phi) is 4.13. The molecule has 0 amide bonds. The largest absolute Gasteiger partial charge is 0.305 e. The second-order valence-electron chi connectivity index (χ2n) is 5.22. The second-order valence-corrected chi connectivity index (χ2v) is 6.42. The van der Waals surface area contributed by atoms with Crippen LogP contribution < -0.4 is 5.56 Å². The molecular weight excluding hydrogens is 359 g/mol. The van der Waals surface area contributed by atoms with Crippen molar-refractivity contribution in [2.24, 2.45) is 0 Å². The molecule has 0 atom stereocenters. The van der Waals surface area contributed by atoms with E-state index in [9.17, 15) is 9.18 Å². The number of nitrogens with one attached hydrogen (secondary N) is 1. The minimum atomic E-state index is -0.417. The first-order valence-corrected chi connectivity index (χ1v) is 7.98. The maximum absolute atomic E-state index is 13.1. The predicted molar refractivity (Wildman–Crippen MR) is 84.2 cm³/mol. The monoisotopic (exact) mass is 370 g/mol. The Morgan fingerprint density at radius 2 is 2.05 bits per heavy atom. The van der Waals surface area contributed by atoms with Gasteiger partial charge in [0.05, 0.1) is 10.7 Å². The number of hydrogen-bond acceptors (Lipinski definition) is 2. The normalized spacial score (nSPS) is 15.6. The first-order valence-electron chi connectivity index (χ1n) is 6.81. The number of aromatic amines is 1. The summed E-state index contributed by atoms with van der Waals surface area (Å²) in [5.41, 5.74) is 1.07. The SMILES string of the molecule is O=c1[nH]c(-c2ccc(F)cc2Cl)nc(C2CCCC2)c1Br. The Balaban J connectivity index is 2.13. The minimum Gasteiger partial charge on any atom is -0.305 e. The van der Waals surface area contributed by atoms with Crippen LogP contribution in [0.15, 0.2) is 27.5 Å². The summed E-state index contributed by atoms with van der Waals surface area (Å²) in [4.78, 5) is 19.4. The van der Waals surface area contributed by atoms with Gasteiger partial charge in [-0.05, 0) is 47.0 Å². The maximum Gasteiger partial charge on any atom is 0.265 e. The van der Waals surface area contributed by atoms with Gasteiger partial charge in [-0.1, -0.05) is 24.4 Å². The summed E-state index contributed by atoms with van der Waals surface area (Å²) in [6.07, 6.45) is 4.37. The van der Waals surface area contributed by atoms with E-state index in [0.29, 0.717) is 21.8 Å². The van der Waals surface area contributed by atoms with Crippen LogP contribution in [-0.4, -0.2) is 9.97 Å². The van der Waals surface area contributed by atoms with Gasteiger partial charge in [0.25, 0.3) is 5.56 Å². The summed E-state index contributed by atoms with van der Waals surface area (Å²) in [5.74, 6) is 0.258. The van der Waals surface area contributed by atoms with Gasteiger partial charge in [0.1, 0.15) is 16.1 Å². The number of rotatable bonds is 2. The molecule has 1 aromatic heterocycles. The molecule has 1 saturated carbocycles. The van der Waals surface area contributed by atoms with Gasteiger partial charge in [-0.15, -0.1) is 0 Å². The molecule has 0 aliphatic heterocycles. The van der Waals surface area contributed by atoms with Gasteiger partial charge in [-0.25, -0.2) is 9.37 Å². The van der Waals surface area contributed by atoms with Gasteiger partial charge < -0.3 is 4.98 Å². The Hall–Kier alpha value is -1.20. The van der Waals surface area contributed by atoms with E-state index < -0.39 is 5.82 Å². The van der Waals surface area contributed by atoms with E-state index in [4.69, 9.17) is 11.6 Å². The fraction of sp³-hybridized carbons (Fsp3) is 0.333. The van der Waals surface area contributed by atoms with Gasteiger partial charge in [-0.3, -0.25) is 4.79 Å². The third kappa shape index (κ3) is 2.90. The molecule has 0 unspecified atom stereocenters. The van der Waals surface area contributed by atoms with Crippen molar-refractivity contribution in [2.45, 2.75) is 31.6 Å². The molecule has 1 fully saturated rings. The van der Waals surface area contributed by atoms with Crippen LogP contribution in [0.1, 0.15) is 37.3 Å². The molecule has 0 bridgehead atoms. The van der Waals surface area contributed by atoms with Crippen LogP contribution in [0.5, 0.6) is 0 Å². The Labute approximate surface area is 134 Å². The van der Waals surface area contributed by atoms with Crippen LogP contribution >= 0.6 is 27.5 Å². The topological polar surface area (TPSA) is 45.8 Å². The average molecular weight is 372 g/mol. The predicted octanol–water partition coefficient (Wildman–Crippen LogP) is 4.65. The van der Waals surface area contributed by atoms with E-state index >= 15 is 0 Å². The molecule has 0 radical (unpaired) electrons. The number of H-pyrrole nitrogens is 1. The Bertz CT molecular complexity index is 741. The maximum atomic E-state index is 13.1. The Morgan fingerprint density at radius 3 is 2.71 bits per heavy atom. The van der Waals surface area contributed by atoms with Gasteiger partial charge >= 0.3 is 0 Å². The van der Waals surface area contributed by atoms with Crippen molar-refractivity contribution in [3.05, 3.63) is 49.6 Å². The zero-order valence-corrected chi connectivity index (χ0v) is 13.5. The molecule has 1 aliphatic rings. The summed E-state index contributed by atoms with van der Waals surface area (Å²) in [6.45, 7) is 0. The van der Waals surface area contributed by atoms with Crippen LogP contribution in [0.3, 0.4) is 0 Å². The summed E-state index contributed by atoms with van der Waals surface area (Å²) in [6, 6.07) is 4.05. The van der Waals surface area contributed by atoms with Gasteiger partial charge in [0.15, 0.2) is 0 Å². The van der Waals surface area contributed by atoms with E-state index in [1.807, 2.05) is 0 Å². The molecule has 3 rings (SSSR count). The number of hydrogen-bond donors (Lipinski definition) is 1. The smallest absolute Gasteiger partial charge is 0.265 e. The lowest BCUT2D eigenvalue weighted by atomic mass is 10.0. The summed E-state index contributed by atoms with van der Waals surface area (Å²) < 4.78 is 13.6. The molecule has 1 heterocycles. The summed E-state index contributed by atoms with van der Waals surface area (Å²) >= 11 is 9.38. The zero-order valence-electron chi connectivity index (χ0n) is 11.1. The first-order chi connectivity index (χ1) is 10.1. The quantitative estimate of drug-likeness (QED) is 0.835. The van der Waals surface area contributed by atoms with Crippen LogP contribution in [0.4, 0.5) is 4.39 Å². The van der Waals surface area contributed by atoms with Crippen molar-refractivity contribution in [1.29, 1.82) is 0 Å². The molecule has 0 saturated heterocycles. The van der Waals surface area contributed by atoms with Crippen LogP contribution in [0, 0.1) is 5.82 Å². The lowest BCUT2D eigenvalue weighted by molar-refractivity contribution is 0.628. The third-order valence-electron chi connectivity index (χ3n) is 3.82. The molecule has 1 aromatic carbocycles. The second kappa shape index (κ2) is 5.89. The standard InChI is InChI=1S/C15H13BrClFN2O/c16-12-13(8-3-1-2-4-8)19-14(20-15(12)21)10-6-5-9(18)7-11(10)17/h5-8H,1-4H2,(H,19,20,21). The lowest BCUT2D eigenvalue weighted by Gasteiger charge is -2.12. The Morgan fingerprint density at radius 1 is 1.33 bits per heavy atom. The van der Waals surface area contributed by atoms with Crippen molar-refractivity contribution in [2.75, 3.05) is 0 Å². The fourth-order valence-electron chi connectivity index (χ4n) is 2.76. The van der Waals surface area contributed by atoms with Crippen molar-refractivity contribution in [3.63, 3.8) is 0 Å². The minimum absolute atomic E-state index is 0.234. The molecule has 21 heavy (non-hydrogen) atoms. The molecule has 1 aliphatic carbocycles. The summed E-state index contributed by atoms with van der Waals surface area (Å²) in [7, 11) is 0. The van der Waals surface area contributed by atoms with Crippen molar-refractivity contribution < 1.29 is 4.39 Å². The number of aromatic nitrogens is 2. The van der Waals surface area contributed by atoms with Crippen LogP contribution in [0.2, 0.25) is 5.02 Å². The first kappa shape index (κ1) is 14.7. The van der Waals surface area contributed by atoms with Crippen molar-refractivity contribution in [1.82, 2.24) is 9.97 Å². The molecular formula is C15H13BrClFN2O. The molecule has 3 nitrogen and oxygen atoms in total. The highest BCUT2D eigenvalue weighted by molar-refractivity contribution is 9.10. The van der Waals surface area contributed by atoms with E-state index in [1.54, 1.807) is 0 Å². The highest BCUT2D eigenvalue weighted by atomic mass is 79.9. The third-order valence-corrected chi connectivity index (χ3v) is 4.90. The highest BCUT2D eigenvalue weighted by Gasteiger charge is 2.23. The van der Waals surface area contributed by atoms with Crippen molar-refractivity contribution >= 4 is 27.5 Å². The van der Waals surface area contributed by atoms with E-state index in [1.165, 1.54) is 18.2 Å². The highest BCUT2D eigenvalue weighted by Crippen LogP contribution is 2.36. The number of nitrogens with zero attached hydrogens (tertiary/aromatic N) is 1. The van der Waals surface area contributed by atoms with Crippen LogP contribution in [-0.2, 0) is 0 Å². The average Bonchev–Trinajstić information content (AvgIpc) is 2.96. The molecule has 1 N–H and O–H groups in total.